The zero-order valence-electron chi connectivity index (χ0n) is 15.2. The summed E-state index contributed by atoms with van der Waals surface area (Å²) in [5.74, 6) is 0.895. The number of benzene rings is 2. The van der Waals surface area contributed by atoms with Crippen LogP contribution in [0.3, 0.4) is 0 Å². The Hall–Kier alpha value is -2.42. The highest BCUT2D eigenvalue weighted by atomic mass is 16.2. The van der Waals surface area contributed by atoms with Gasteiger partial charge in [0, 0.05) is 0 Å². The first-order chi connectivity index (χ1) is 12.6. The zero-order valence-corrected chi connectivity index (χ0v) is 15.2. The third-order valence-electron chi connectivity index (χ3n) is 6.85. The minimum atomic E-state index is -0.133. The van der Waals surface area contributed by atoms with Crippen molar-refractivity contribution < 1.29 is 9.59 Å². The zero-order chi connectivity index (χ0) is 18.0. The second-order valence-corrected chi connectivity index (χ2v) is 8.27. The Balaban J connectivity index is 1.52. The summed E-state index contributed by atoms with van der Waals surface area (Å²) in [7, 11) is 0. The van der Waals surface area contributed by atoms with Crippen molar-refractivity contribution in [3.63, 3.8) is 0 Å². The lowest BCUT2D eigenvalue weighted by molar-refractivity contribution is -0.123. The van der Waals surface area contributed by atoms with Gasteiger partial charge in [-0.1, -0.05) is 42.5 Å². The Morgan fingerprint density at radius 2 is 1.62 bits per heavy atom. The number of hydrogen-bond donors (Lipinski definition) is 0. The summed E-state index contributed by atoms with van der Waals surface area (Å²) in [6.07, 6.45) is 2.06. The summed E-state index contributed by atoms with van der Waals surface area (Å²) in [6, 6.07) is 16.5. The number of nitrogens with zero attached hydrogens (tertiary/aromatic N) is 1. The minimum absolute atomic E-state index is 0.0295. The van der Waals surface area contributed by atoms with Crippen molar-refractivity contribution in [1.29, 1.82) is 0 Å². The molecule has 26 heavy (non-hydrogen) atoms. The van der Waals surface area contributed by atoms with E-state index in [0.717, 1.165) is 29.7 Å². The van der Waals surface area contributed by atoms with Gasteiger partial charge in [-0.05, 0) is 67.2 Å². The molecule has 2 aromatic carbocycles. The van der Waals surface area contributed by atoms with E-state index in [4.69, 9.17) is 0 Å². The maximum atomic E-state index is 13.3. The van der Waals surface area contributed by atoms with Gasteiger partial charge in [0.25, 0.3) is 0 Å². The van der Waals surface area contributed by atoms with Crippen molar-refractivity contribution in [2.24, 2.45) is 23.7 Å². The first-order valence-electron chi connectivity index (χ1n) is 9.56. The van der Waals surface area contributed by atoms with Crippen molar-refractivity contribution in [3.05, 3.63) is 65.2 Å². The topological polar surface area (TPSA) is 37.4 Å². The molecule has 3 aliphatic rings. The summed E-state index contributed by atoms with van der Waals surface area (Å²) in [6.45, 7) is 3.98. The predicted octanol–water partition coefficient (Wildman–Crippen LogP) is 4.23. The van der Waals surface area contributed by atoms with Crippen molar-refractivity contribution in [3.8, 4) is 0 Å². The lowest BCUT2D eigenvalue weighted by atomic mass is 9.73. The van der Waals surface area contributed by atoms with Gasteiger partial charge in [-0.3, -0.25) is 9.59 Å². The summed E-state index contributed by atoms with van der Waals surface area (Å²) < 4.78 is 0. The molecule has 2 amide bonds. The SMILES string of the molecule is Cc1ccc(C)c(N2C(=O)[C@@H]3[C@@H]4C[C@@H]([C@@H]3C2=O)[C@@H](c2ccccc2)C4)c1. The van der Waals surface area contributed by atoms with Crippen LogP contribution in [0.2, 0.25) is 0 Å². The molecule has 1 saturated heterocycles. The number of imide groups is 1. The van der Waals surface area contributed by atoms with Gasteiger partial charge < -0.3 is 0 Å². The number of amides is 2. The van der Waals surface area contributed by atoms with Gasteiger partial charge in [0.2, 0.25) is 11.8 Å². The molecule has 0 aromatic heterocycles. The molecule has 132 valence electrons. The quantitative estimate of drug-likeness (QED) is 0.764. The van der Waals surface area contributed by atoms with Crippen LogP contribution in [-0.2, 0) is 9.59 Å². The average Bonchev–Trinajstić information content (AvgIpc) is 3.30. The summed E-state index contributed by atoms with van der Waals surface area (Å²) in [4.78, 5) is 28.0. The van der Waals surface area contributed by atoms with Gasteiger partial charge in [-0.15, -0.1) is 0 Å². The van der Waals surface area contributed by atoms with Gasteiger partial charge in [0.05, 0.1) is 17.5 Å². The molecule has 5 rings (SSSR count). The Morgan fingerprint density at radius 1 is 0.885 bits per heavy atom. The molecular weight excluding hydrogens is 322 g/mol. The van der Waals surface area contributed by atoms with E-state index in [1.54, 1.807) is 0 Å². The maximum Gasteiger partial charge on any atom is 0.238 e. The van der Waals surface area contributed by atoms with Crippen LogP contribution in [-0.4, -0.2) is 11.8 Å². The molecule has 2 saturated carbocycles. The Kier molecular flexibility index (Phi) is 3.37. The third kappa shape index (κ3) is 2.06. The van der Waals surface area contributed by atoms with Crippen LogP contribution in [0.5, 0.6) is 0 Å². The third-order valence-corrected chi connectivity index (χ3v) is 6.85. The van der Waals surface area contributed by atoms with Gasteiger partial charge in [-0.2, -0.15) is 0 Å². The van der Waals surface area contributed by atoms with Crippen LogP contribution in [0.1, 0.15) is 35.4 Å². The van der Waals surface area contributed by atoms with Crippen LogP contribution >= 0.6 is 0 Å². The standard InChI is InChI=1S/C23H23NO2/c1-13-8-9-14(2)19(10-13)24-22(25)20-16-11-17(15-6-4-3-5-7-15)18(12-16)21(20)23(24)26/h3-10,16-18,20-21H,11-12H2,1-2H3/t16-,17+,18+,20+,21-/m0/s1. The van der Waals surface area contributed by atoms with Gasteiger partial charge in [-0.25, -0.2) is 4.90 Å². The molecule has 2 aliphatic carbocycles. The molecule has 2 aromatic rings. The molecule has 0 N–H and O–H groups in total. The highest BCUT2D eigenvalue weighted by molar-refractivity contribution is 6.23. The number of carbonyl (C=O) groups is 2. The van der Waals surface area contributed by atoms with Crippen LogP contribution in [0, 0.1) is 37.5 Å². The second-order valence-electron chi connectivity index (χ2n) is 8.27. The van der Waals surface area contributed by atoms with E-state index in [1.807, 2.05) is 38.1 Å². The molecule has 0 unspecified atom stereocenters. The monoisotopic (exact) mass is 345 g/mol. The van der Waals surface area contributed by atoms with Crippen LogP contribution < -0.4 is 4.90 Å². The van der Waals surface area contributed by atoms with E-state index in [2.05, 4.69) is 24.3 Å². The molecule has 2 bridgehead atoms. The molecule has 1 heterocycles. The normalized spacial score (nSPS) is 32.4. The number of fused-ring (bicyclic) bond motifs is 5. The van der Waals surface area contributed by atoms with E-state index in [0.29, 0.717) is 17.8 Å². The fourth-order valence-corrected chi connectivity index (χ4v) is 5.74. The number of aryl methyl sites for hydroxylation is 2. The highest BCUT2D eigenvalue weighted by Gasteiger charge is 2.64. The predicted molar refractivity (Wildman–Crippen MR) is 101 cm³/mol. The molecule has 3 nitrogen and oxygen atoms in total. The number of hydrogen-bond acceptors (Lipinski definition) is 2. The summed E-state index contributed by atoms with van der Waals surface area (Å²) >= 11 is 0. The lowest BCUT2D eigenvalue weighted by Crippen LogP contribution is -2.33. The van der Waals surface area contributed by atoms with Crippen molar-refractivity contribution in [1.82, 2.24) is 0 Å². The first-order valence-corrected chi connectivity index (χ1v) is 9.56. The van der Waals surface area contributed by atoms with E-state index in [1.165, 1.54) is 10.5 Å². The highest BCUT2D eigenvalue weighted by Crippen LogP contribution is 2.62. The molecule has 0 radical (unpaired) electrons. The number of carbonyl (C=O) groups excluding carboxylic acids is 2. The average molecular weight is 345 g/mol. The number of rotatable bonds is 2. The first kappa shape index (κ1) is 15.8. The van der Waals surface area contributed by atoms with Gasteiger partial charge >= 0.3 is 0 Å². The van der Waals surface area contributed by atoms with E-state index >= 15 is 0 Å². The molecular formula is C23H23NO2. The number of anilines is 1. The smallest absolute Gasteiger partial charge is 0.238 e. The van der Waals surface area contributed by atoms with Crippen LogP contribution in [0.15, 0.2) is 48.5 Å². The Morgan fingerprint density at radius 3 is 2.38 bits per heavy atom. The van der Waals surface area contributed by atoms with E-state index in [-0.39, 0.29) is 23.7 Å². The Bertz CT molecular complexity index is 904. The van der Waals surface area contributed by atoms with Crippen molar-refractivity contribution >= 4 is 17.5 Å². The van der Waals surface area contributed by atoms with Gasteiger partial charge in [0.1, 0.15) is 0 Å². The van der Waals surface area contributed by atoms with Crippen LogP contribution in [0.4, 0.5) is 5.69 Å². The second kappa shape index (κ2) is 5.54. The maximum absolute atomic E-state index is 13.3. The molecule has 3 fully saturated rings. The summed E-state index contributed by atoms with van der Waals surface area (Å²) in [5, 5.41) is 0. The van der Waals surface area contributed by atoms with Crippen LogP contribution in [0.25, 0.3) is 0 Å². The molecule has 0 spiro atoms. The van der Waals surface area contributed by atoms with Crippen molar-refractivity contribution in [2.45, 2.75) is 32.6 Å². The largest absolute Gasteiger partial charge is 0.274 e. The lowest BCUT2D eigenvalue weighted by Gasteiger charge is -2.28. The minimum Gasteiger partial charge on any atom is -0.274 e. The molecule has 3 heteroatoms. The molecule has 5 atom stereocenters. The summed E-state index contributed by atoms with van der Waals surface area (Å²) in [5.41, 5.74) is 4.17. The fraction of sp³-hybridized carbons (Fsp3) is 0.391. The molecule has 1 aliphatic heterocycles. The van der Waals surface area contributed by atoms with E-state index in [9.17, 15) is 9.59 Å². The fourth-order valence-electron chi connectivity index (χ4n) is 5.74. The Labute approximate surface area is 154 Å². The van der Waals surface area contributed by atoms with Gasteiger partial charge in [0.15, 0.2) is 0 Å². The van der Waals surface area contributed by atoms with E-state index < -0.39 is 0 Å². The van der Waals surface area contributed by atoms with Crippen molar-refractivity contribution in [2.75, 3.05) is 4.90 Å².